The van der Waals surface area contributed by atoms with E-state index in [2.05, 4.69) is 19.2 Å². The molecule has 0 aromatic heterocycles. The number of nitrogens with two attached hydrogens (primary N) is 1. The van der Waals surface area contributed by atoms with E-state index in [9.17, 15) is 18.0 Å². The highest BCUT2D eigenvalue weighted by Gasteiger charge is 2.31. The maximum atomic E-state index is 12.9. The predicted octanol–water partition coefficient (Wildman–Crippen LogP) is 1.49. The second-order valence-corrected chi connectivity index (χ2v) is 10.2. The molecule has 1 aromatic rings. The number of nitrogens with one attached hydrogen (secondary N) is 1. The van der Waals surface area contributed by atoms with Gasteiger partial charge in [-0.3, -0.25) is 14.5 Å². The molecule has 1 heterocycles. The summed E-state index contributed by atoms with van der Waals surface area (Å²) in [6.45, 7) is 8.94. The monoisotopic (exact) mass is 424 g/mol. The van der Waals surface area contributed by atoms with Crippen LogP contribution in [-0.4, -0.2) is 61.7 Å². The quantitative estimate of drug-likeness (QED) is 0.656. The number of primary amides is 1. The Morgan fingerprint density at radius 2 is 1.69 bits per heavy atom. The van der Waals surface area contributed by atoms with E-state index in [-0.39, 0.29) is 29.9 Å². The highest BCUT2D eigenvalue weighted by atomic mass is 32.2. The van der Waals surface area contributed by atoms with Crippen molar-refractivity contribution in [2.75, 3.05) is 31.5 Å². The summed E-state index contributed by atoms with van der Waals surface area (Å²) in [6.07, 6.45) is 1.03. The van der Waals surface area contributed by atoms with Crippen LogP contribution < -0.4 is 11.1 Å². The summed E-state index contributed by atoms with van der Waals surface area (Å²) >= 11 is 0. The molecule has 0 saturated carbocycles. The average molecular weight is 425 g/mol. The molecule has 2 rings (SSSR count). The van der Waals surface area contributed by atoms with Crippen molar-refractivity contribution < 1.29 is 18.0 Å². The second-order valence-electron chi connectivity index (χ2n) is 8.31. The highest BCUT2D eigenvalue weighted by Crippen LogP contribution is 2.27. The summed E-state index contributed by atoms with van der Waals surface area (Å²) in [6, 6.07) is 6.16. The Morgan fingerprint density at radius 3 is 2.17 bits per heavy atom. The number of anilines is 1. The normalized spacial score (nSPS) is 20.8. The predicted molar refractivity (Wildman–Crippen MR) is 113 cm³/mol. The van der Waals surface area contributed by atoms with Crippen molar-refractivity contribution in [3.8, 4) is 0 Å². The average Bonchev–Trinajstić information content (AvgIpc) is 2.60. The summed E-state index contributed by atoms with van der Waals surface area (Å²) in [7, 11) is -3.56. The van der Waals surface area contributed by atoms with E-state index >= 15 is 0 Å². The van der Waals surface area contributed by atoms with Gasteiger partial charge in [-0.25, -0.2) is 8.42 Å². The fourth-order valence-electron chi connectivity index (χ4n) is 3.67. The first-order valence-electron chi connectivity index (χ1n) is 9.91. The lowest BCUT2D eigenvalue weighted by Crippen LogP contribution is -2.43. The van der Waals surface area contributed by atoms with Gasteiger partial charge in [0.25, 0.3) is 0 Å². The first kappa shape index (κ1) is 23.3. The lowest BCUT2D eigenvalue weighted by atomic mass is 9.94. The maximum Gasteiger partial charge on any atom is 0.243 e. The van der Waals surface area contributed by atoms with Gasteiger partial charge in [0, 0.05) is 24.8 Å². The molecular weight excluding hydrogens is 392 g/mol. The summed E-state index contributed by atoms with van der Waals surface area (Å²) in [5, 5.41) is 2.73. The van der Waals surface area contributed by atoms with Crippen LogP contribution in [-0.2, 0) is 19.6 Å². The van der Waals surface area contributed by atoms with Crippen LogP contribution in [0.25, 0.3) is 0 Å². The van der Waals surface area contributed by atoms with E-state index in [1.807, 2.05) is 13.8 Å². The zero-order chi connectivity index (χ0) is 21.8. The Labute approximate surface area is 173 Å². The topological polar surface area (TPSA) is 113 Å². The minimum absolute atomic E-state index is 0.00501. The lowest BCUT2D eigenvalue weighted by molar-refractivity contribution is -0.121. The molecular formula is C20H32N4O4S. The molecule has 9 heteroatoms. The number of hydrogen-bond donors (Lipinski definition) is 2. The number of piperidine rings is 1. The van der Waals surface area contributed by atoms with Crippen molar-refractivity contribution in [3.63, 3.8) is 0 Å². The molecule has 0 spiro atoms. The van der Waals surface area contributed by atoms with Gasteiger partial charge in [-0.05, 0) is 56.4 Å². The molecule has 1 aliphatic heterocycles. The molecule has 162 valence electrons. The number of nitrogens with zero attached hydrogens (tertiary/aromatic N) is 2. The Morgan fingerprint density at radius 1 is 1.14 bits per heavy atom. The smallest absolute Gasteiger partial charge is 0.243 e. The molecule has 1 fully saturated rings. The number of carbonyl (C=O) groups is 2. The lowest BCUT2D eigenvalue weighted by Gasteiger charge is -2.34. The van der Waals surface area contributed by atoms with Crippen LogP contribution in [0.4, 0.5) is 5.69 Å². The number of benzene rings is 1. The molecule has 8 nitrogen and oxygen atoms in total. The molecule has 1 aliphatic rings. The first-order valence-corrected chi connectivity index (χ1v) is 11.4. The molecule has 0 radical (unpaired) electrons. The van der Waals surface area contributed by atoms with Gasteiger partial charge in [0.05, 0.1) is 18.0 Å². The third kappa shape index (κ3) is 6.52. The van der Waals surface area contributed by atoms with Gasteiger partial charge in [-0.15, -0.1) is 0 Å². The molecule has 2 amide bonds. The van der Waals surface area contributed by atoms with Crippen LogP contribution in [0, 0.1) is 11.8 Å². The van der Waals surface area contributed by atoms with Gasteiger partial charge in [-0.2, -0.15) is 4.31 Å². The minimum Gasteiger partial charge on any atom is -0.369 e. The van der Waals surface area contributed by atoms with Crippen molar-refractivity contribution >= 4 is 27.5 Å². The van der Waals surface area contributed by atoms with E-state index in [4.69, 9.17) is 5.73 Å². The van der Waals surface area contributed by atoms with E-state index < -0.39 is 15.9 Å². The molecule has 29 heavy (non-hydrogen) atoms. The Hall–Kier alpha value is -1.97. The molecule has 2 atom stereocenters. The Balaban J connectivity index is 2.04. The number of amides is 2. The first-order chi connectivity index (χ1) is 13.5. The van der Waals surface area contributed by atoms with Gasteiger partial charge in [0.2, 0.25) is 21.8 Å². The van der Waals surface area contributed by atoms with Crippen LogP contribution in [0.5, 0.6) is 0 Å². The summed E-state index contributed by atoms with van der Waals surface area (Å²) in [5.41, 5.74) is 5.72. The van der Waals surface area contributed by atoms with Crippen molar-refractivity contribution in [1.29, 1.82) is 0 Å². The van der Waals surface area contributed by atoms with E-state index in [1.165, 1.54) is 12.1 Å². The van der Waals surface area contributed by atoms with Gasteiger partial charge >= 0.3 is 0 Å². The van der Waals surface area contributed by atoms with Crippen LogP contribution in [0.15, 0.2) is 29.2 Å². The number of carbonyl (C=O) groups excluding carboxylic acids is 2. The van der Waals surface area contributed by atoms with Gasteiger partial charge in [0.15, 0.2) is 0 Å². The third-order valence-corrected chi connectivity index (χ3v) is 6.89. The zero-order valence-electron chi connectivity index (χ0n) is 17.6. The van der Waals surface area contributed by atoms with Gasteiger partial charge < -0.3 is 11.1 Å². The van der Waals surface area contributed by atoms with Crippen LogP contribution in [0.3, 0.4) is 0 Å². The molecule has 3 N–H and O–H groups in total. The SMILES string of the molecule is CC(C)N(CC(N)=O)CC(=O)Nc1ccc(S(=O)(=O)N2C[C@H](C)C[C@H](C)C2)cc1. The Bertz CT molecular complexity index is 813. The summed E-state index contributed by atoms with van der Waals surface area (Å²) in [5.74, 6) is -0.135. The highest BCUT2D eigenvalue weighted by molar-refractivity contribution is 7.89. The van der Waals surface area contributed by atoms with Crippen molar-refractivity contribution in [3.05, 3.63) is 24.3 Å². The van der Waals surface area contributed by atoms with Gasteiger partial charge in [0.1, 0.15) is 0 Å². The summed E-state index contributed by atoms with van der Waals surface area (Å²) in [4.78, 5) is 25.3. The largest absolute Gasteiger partial charge is 0.369 e. The minimum atomic E-state index is -3.56. The molecule has 0 unspecified atom stereocenters. The Kier molecular flexibility index (Phi) is 7.79. The summed E-state index contributed by atoms with van der Waals surface area (Å²) < 4.78 is 27.4. The van der Waals surface area contributed by atoms with E-state index in [1.54, 1.807) is 21.3 Å². The fourth-order valence-corrected chi connectivity index (χ4v) is 5.35. The van der Waals surface area contributed by atoms with Crippen molar-refractivity contribution in [1.82, 2.24) is 9.21 Å². The van der Waals surface area contributed by atoms with E-state index in [0.717, 1.165) is 6.42 Å². The third-order valence-electron chi connectivity index (χ3n) is 5.05. The van der Waals surface area contributed by atoms with Crippen molar-refractivity contribution in [2.45, 2.75) is 45.1 Å². The number of sulfonamides is 1. The second kappa shape index (κ2) is 9.69. The molecule has 0 aliphatic carbocycles. The maximum absolute atomic E-state index is 12.9. The zero-order valence-corrected chi connectivity index (χ0v) is 18.4. The fraction of sp³-hybridized carbons (Fsp3) is 0.600. The number of rotatable bonds is 8. The van der Waals surface area contributed by atoms with Crippen molar-refractivity contribution in [2.24, 2.45) is 17.6 Å². The molecule has 1 aromatic carbocycles. The van der Waals surface area contributed by atoms with E-state index in [0.29, 0.717) is 30.6 Å². The van der Waals surface area contributed by atoms with Crippen LogP contribution in [0.1, 0.15) is 34.1 Å². The molecule has 1 saturated heterocycles. The van der Waals surface area contributed by atoms with Gasteiger partial charge in [-0.1, -0.05) is 13.8 Å². The molecule has 0 bridgehead atoms. The van der Waals surface area contributed by atoms with Crippen LogP contribution in [0.2, 0.25) is 0 Å². The van der Waals surface area contributed by atoms with Crippen LogP contribution >= 0.6 is 0 Å². The standard InChI is InChI=1S/C20H32N4O4S/c1-14(2)23(12-19(21)25)13-20(26)22-17-5-7-18(8-6-17)29(27,28)24-10-15(3)9-16(4)11-24/h5-8,14-16H,9-13H2,1-4H3,(H2,21,25)(H,22,26)/t15-,16+. The number of hydrogen-bond acceptors (Lipinski definition) is 5.